The minimum absolute atomic E-state index is 0.166. The van der Waals surface area contributed by atoms with Gasteiger partial charge in [0.2, 0.25) is 17.6 Å². The summed E-state index contributed by atoms with van der Waals surface area (Å²) in [5.41, 5.74) is 1.48. The highest BCUT2D eigenvalue weighted by atomic mass is 127. The topological polar surface area (TPSA) is 77.2 Å². The van der Waals surface area contributed by atoms with Gasteiger partial charge in [-0.3, -0.25) is 4.79 Å². The third kappa shape index (κ3) is 4.73. The van der Waals surface area contributed by atoms with Gasteiger partial charge in [0.25, 0.3) is 0 Å². The number of aromatic nitrogens is 2. The number of methoxy groups -OCH3 is 1. The number of hydrogen-bond donors (Lipinski definition) is 1. The molecule has 0 unspecified atom stereocenters. The first-order chi connectivity index (χ1) is 12.5. The molecule has 0 atom stereocenters. The van der Waals surface area contributed by atoms with Gasteiger partial charge in [0.1, 0.15) is 5.75 Å². The van der Waals surface area contributed by atoms with Crippen molar-refractivity contribution in [1.82, 2.24) is 10.1 Å². The number of ether oxygens (including phenoxy) is 1. The normalized spacial score (nSPS) is 10.6. The Kier molecular flexibility index (Phi) is 6.10. The summed E-state index contributed by atoms with van der Waals surface area (Å²) in [5, 5.41) is 7.17. The second-order valence-corrected chi connectivity index (χ2v) is 7.07. The van der Waals surface area contributed by atoms with Crippen molar-refractivity contribution in [3.63, 3.8) is 0 Å². The summed E-state index contributed by atoms with van der Waals surface area (Å²) in [7, 11) is 1.54. The van der Waals surface area contributed by atoms with Crippen LogP contribution in [0.25, 0.3) is 11.4 Å². The van der Waals surface area contributed by atoms with Gasteiger partial charge >= 0.3 is 0 Å². The first-order valence-corrected chi connectivity index (χ1v) is 9.23. The second kappa shape index (κ2) is 8.50. The molecule has 8 heteroatoms. The molecular formula is C18H15ClIN3O3. The van der Waals surface area contributed by atoms with E-state index in [1.165, 1.54) is 7.11 Å². The maximum Gasteiger partial charge on any atom is 0.227 e. The van der Waals surface area contributed by atoms with Crippen molar-refractivity contribution < 1.29 is 14.1 Å². The number of nitrogens with zero attached hydrogens (tertiary/aromatic N) is 2. The molecule has 3 aromatic rings. The van der Waals surface area contributed by atoms with Crippen LogP contribution in [0, 0.1) is 3.57 Å². The summed E-state index contributed by atoms with van der Waals surface area (Å²) in [6.45, 7) is 0. The van der Waals surface area contributed by atoms with Crippen LogP contribution in [0.15, 0.2) is 47.0 Å². The molecule has 6 nitrogen and oxygen atoms in total. The van der Waals surface area contributed by atoms with Crippen LogP contribution < -0.4 is 10.1 Å². The summed E-state index contributed by atoms with van der Waals surface area (Å²) in [4.78, 5) is 16.4. The van der Waals surface area contributed by atoms with Crippen LogP contribution >= 0.6 is 34.2 Å². The van der Waals surface area contributed by atoms with Gasteiger partial charge < -0.3 is 14.6 Å². The van der Waals surface area contributed by atoms with E-state index in [0.717, 1.165) is 9.13 Å². The lowest BCUT2D eigenvalue weighted by atomic mass is 10.2. The number of carbonyl (C=O) groups is 1. The quantitative estimate of drug-likeness (QED) is 0.520. The van der Waals surface area contributed by atoms with Gasteiger partial charge in [-0.15, -0.1) is 0 Å². The first kappa shape index (κ1) is 18.7. The SMILES string of the molecule is COc1ccc(NC(=O)CCc2nc(-c3ccc(I)cc3)no2)cc1Cl. The third-order valence-electron chi connectivity index (χ3n) is 3.57. The molecule has 0 bridgehead atoms. The Balaban J connectivity index is 1.56. The van der Waals surface area contributed by atoms with E-state index in [-0.39, 0.29) is 12.3 Å². The molecule has 26 heavy (non-hydrogen) atoms. The zero-order valence-corrected chi connectivity index (χ0v) is 16.7. The van der Waals surface area contributed by atoms with E-state index in [2.05, 4.69) is 38.0 Å². The molecule has 1 aromatic heterocycles. The highest BCUT2D eigenvalue weighted by molar-refractivity contribution is 14.1. The maximum absolute atomic E-state index is 12.1. The van der Waals surface area contributed by atoms with E-state index in [0.29, 0.717) is 34.6 Å². The van der Waals surface area contributed by atoms with Gasteiger partial charge in [-0.05, 0) is 52.9 Å². The number of halogens is 2. The summed E-state index contributed by atoms with van der Waals surface area (Å²) in [5.74, 6) is 1.32. The second-order valence-electron chi connectivity index (χ2n) is 5.42. The Hall–Kier alpha value is -2.13. The van der Waals surface area contributed by atoms with E-state index < -0.39 is 0 Å². The lowest BCUT2D eigenvalue weighted by molar-refractivity contribution is -0.116. The van der Waals surface area contributed by atoms with Crippen molar-refractivity contribution >= 4 is 45.8 Å². The van der Waals surface area contributed by atoms with Crippen LogP contribution in [0.1, 0.15) is 12.3 Å². The molecule has 1 heterocycles. The summed E-state index contributed by atoms with van der Waals surface area (Å²) < 4.78 is 11.4. The van der Waals surface area contributed by atoms with Gasteiger partial charge in [0.15, 0.2) is 0 Å². The van der Waals surface area contributed by atoms with Gasteiger partial charge in [-0.25, -0.2) is 0 Å². The van der Waals surface area contributed by atoms with E-state index >= 15 is 0 Å². The molecule has 0 spiro atoms. The number of carbonyl (C=O) groups excluding carboxylic acids is 1. The zero-order chi connectivity index (χ0) is 18.5. The fraction of sp³-hybridized carbons (Fsp3) is 0.167. The van der Waals surface area contributed by atoms with Crippen molar-refractivity contribution in [2.75, 3.05) is 12.4 Å². The smallest absolute Gasteiger partial charge is 0.227 e. The zero-order valence-electron chi connectivity index (χ0n) is 13.8. The lowest BCUT2D eigenvalue weighted by Crippen LogP contribution is -2.12. The number of nitrogens with one attached hydrogen (secondary N) is 1. The summed E-state index contributed by atoms with van der Waals surface area (Å²) in [6, 6.07) is 12.9. The fourth-order valence-corrected chi connectivity index (χ4v) is 2.88. The van der Waals surface area contributed by atoms with E-state index in [9.17, 15) is 4.79 Å². The number of aryl methyl sites for hydroxylation is 1. The standard InChI is InChI=1S/C18H15ClIN3O3/c1-25-15-7-6-13(10-14(15)19)21-16(24)8-9-17-22-18(23-26-17)11-2-4-12(20)5-3-11/h2-7,10H,8-9H2,1H3,(H,21,24). The number of amides is 1. The van der Waals surface area contributed by atoms with Gasteiger partial charge in [-0.1, -0.05) is 28.9 Å². The molecule has 1 amide bonds. The molecule has 0 saturated heterocycles. The Bertz CT molecular complexity index is 912. The average molecular weight is 484 g/mol. The number of anilines is 1. The van der Waals surface area contributed by atoms with Crippen LogP contribution in [0.3, 0.4) is 0 Å². The third-order valence-corrected chi connectivity index (χ3v) is 4.59. The van der Waals surface area contributed by atoms with Crippen LogP contribution in [0.2, 0.25) is 5.02 Å². The lowest BCUT2D eigenvalue weighted by Gasteiger charge is -2.07. The van der Waals surface area contributed by atoms with Crippen molar-refractivity contribution in [3.05, 3.63) is 56.9 Å². The van der Waals surface area contributed by atoms with Crippen LogP contribution in [0.5, 0.6) is 5.75 Å². The number of rotatable bonds is 6. The molecule has 0 saturated carbocycles. The first-order valence-electron chi connectivity index (χ1n) is 7.77. The Morgan fingerprint density at radius 3 is 2.73 bits per heavy atom. The number of benzene rings is 2. The molecule has 0 aliphatic carbocycles. The molecule has 0 fully saturated rings. The van der Waals surface area contributed by atoms with Crippen molar-refractivity contribution in [1.29, 1.82) is 0 Å². The molecular weight excluding hydrogens is 469 g/mol. The highest BCUT2D eigenvalue weighted by Gasteiger charge is 2.11. The van der Waals surface area contributed by atoms with Crippen molar-refractivity contribution in [3.8, 4) is 17.1 Å². The van der Waals surface area contributed by atoms with Crippen LogP contribution in [-0.4, -0.2) is 23.2 Å². The predicted octanol–water partition coefficient (Wildman–Crippen LogP) is 4.57. The highest BCUT2D eigenvalue weighted by Crippen LogP contribution is 2.27. The van der Waals surface area contributed by atoms with E-state index in [1.54, 1.807) is 18.2 Å². The van der Waals surface area contributed by atoms with Crippen LogP contribution in [-0.2, 0) is 11.2 Å². The van der Waals surface area contributed by atoms with Crippen molar-refractivity contribution in [2.45, 2.75) is 12.8 Å². The molecule has 0 aliphatic heterocycles. The summed E-state index contributed by atoms with van der Waals surface area (Å²) in [6.07, 6.45) is 0.574. The minimum Gasteiger partial charge on any atom is -0.495 e. The Labute approximate surface area is 169 Å². The minimum atomic E-state index is -0.166. The maximum atomic E-state index is 12.1. The largest absolute Gasteiger partial charge is 0.495 e. The monoisotopic (exact) mass is 483 g/mol. The molecule has 3 rings (SSSR count). The molecule has 1 N–H and O–H groups in total. The van der Waals surface area contributed by atoms with E-state index in [4.69, 9.17) is 20.9 Å². The van der Waals surface area contributed by atoms with Gasteiger partial charge in [0, 0.05) is 27.7 Å². The van der Waals surface area contributed by atoms with E-state index in [1.807, 2.05) is 24.3 Å². The summed E-state index contributed by atoms with van der Waals surface area (Å²) >= 11 is 8.28. The molecule has 134 valence electrons. The molecule has 0 radical (unpaired) electrons. The molecule has 2 aromatic carbocycles. The van der Waals surface area contributed by atoms with Gasteiger partial charge in [-0.2, -0.15) is 4.98 Å². The van der Waals surface area contributed by atoms with Crippen LogP contribution in [0.4, 0.5) is 5.69 Å². The Morgan fingerprint density at radius 2 is 2.04 bits per heavy atom. The Morgan fingerprint density at radius 1 is 1.27 bits per heavy atom. The molecule has 0 aliphatic rings. The van der Waals surface area contributed by atoms with Gasteiger partial charge in [0.05, 0.1) is 12.1 Å². The predicted molar refractivity (Wildman–Crippen MR) is 107 cm³/mol. The fourth-order valence-electron chi connectivity index (χ4n) is 2.26. The average Bonchev–Trinajstić information content (AvgIpc) is 3.10. The van der Waals surface area contributed by atoms with Crippen molar-refractivity contribution in [2.24, 2.45) is 0 Å². The number of hydrogen-bond acceptors (Lipinski definition) is 5.